The van der Waals surface area contributed by atoms with E-state index in [1.807, 2.05) is 54.6 Å². The van der Waals surface area contributed by atoms with Gasteiger partial charge in [-0.25, -0.2) is 0 Å². The predicted molar refractivity (Wildman–Crippen MR) is 129 cm³/mol. The number of rotatable bonds is 9. The summed E-state index contributed by atoms with van der Waals surface area (Å²) in [4.78, 5) is 38.9. The van der Waals surface area contributed by atoms with E-state index >= 15 is 0 Å². The number of para-hydroxylation sites is 1. The van der Waals surface area contributed by atoms with E-state index in [4.69, 9.17) is 0 Å². The molecule has 1 atom stereocenters. The van der Waals surface area contributed by atoms with E-state index in [1.54, 1.807) is 18.2 Å². The minimum absolute atomic E-state index is 0.117. The maximum absolute atomic E-state index is 13.5. The molecule has 33 heavy (non-hydrogen) atoms. The van der Waals surface area contributed by atoms with Crippen LogP contribution in [0.2, 0.25) is 0 Å². The lowest BCUT2D eigenvalue weighted by atomic mass is 10.0. The van der Waals surface area contributed by atoms with Gasteiger partial charge in [0.1, 0.15) is 6.04 Å². The molecule has 0 saturated heterocycles. The van der Waals surface area contributed by atoms with Crippen molar-refractivity contribution in [1.29, 1.82) is 0 Å². The molecule has 1 unspecified atom stereocenters. The van der Waals surface area contributed by atoms with Crippen molar-refractivity contribution in [1.82, 2.24) is 10.2 Å². The van der Waals surface area contributed by atoms with Crippen molar-refractivity contribution >= 4 is 33.4 Å². The highest BCUT2D eigenvalue weighted by Gasteiger charge is 2.31. The number of nitro benzene ring substituents is 1. The Morgan fingerprint density at radius 2 is 1.61 bits per heavy atom. The predicted octanol–water partition coefficient (Wildman–Crippen LogP) is 4.29. The number of carbonyl (C=O) groups excluding carboxylic acids is 2. The summed E-state index contributed by atoms with van der Waals surface area (Å²) < 4.78 is 0.899. The molecule has 3 rings (SSSR count). The molecule has 3 aromatic rings. The molecule has 2 amide bonds. The van der Waals surface area contributed by atoms with E-state index < -0.39 is 11.0 Å². The zero-order valence-corrected chi connectivity index (χ0v) is 19.7. The summed E-state index contributed by atoms with van der Waals surface area (Å²) >= 11 is 3.41. The van der Waals surface area contributed by atoms with Gasteiger partial charge >= 0.3 is 0 Å². The molecule has 0 heterocycles. The van der Waals surface area contributed by atoms with Gasteiger partial charge in [0.15, 0.2) is 0 Å². The third-order valence-electron chi connectivity index (χ3n) is 5.31. The zero-order valence-electron chi connectivity index (χ0n) is 18.1. The van der Waals surface area contributed by atoms with Crippen molar-refractivity contribution in [3.8, 4) is 0 Å². The standard InChI is InChI=1S/C25H24BrN3O4/c1-27-25(31)23(15-18-7-3-2-4-8-18)28(17-19-11-13-21(26)14-12-19)24(30)16-20-9-5-6-10-22(20)29(32)33/h2-14,23H,15-17H2,1H3,(H,27,31). The van der Waals surface area contributed by atoms with Crippen molar-refractivity contribution in [2.24, 2.45) is 0 Å². The van der Waals surface area contributed by atoms with Gasteiger partial charge < -0.3 is 10.2 Å². The van der Waals surface area contributed by atoms with Crippen molar-refractivity contribution in [3.05, 3.63) is 110 Å². The van der Waals surface area contributed by atoms with Crippen LogP contribution in [0, 0.1) is 10.1 Å². The third-order valence-corrected chi connectivity index (χ3v) is 5.84. The van der Waals surface area contributed by atoms with Crippen molar-refractivity contribution in [2.45, 2.75) is 25.4 Å². The van der Waals surface area contributed by atoms with Gasteiger partial charge in [0.05, 0.1) is 11.3 Å². The largest absolute Gasteiger partial charge is 0.357 e. The van der Waals surface area contributed by atoms with Gasteiger partial charge in [0, 0.05) is 36.1 Å². The van der Waals surface area contributed by atoms with Crippen LogP contribution in [-0.2, 0) is 29.0 Å². The van der Waals surface area contributed by atoms with Gasteiger partial charge in [-0.1, -0.05) is 76.6 Å². The first kappa shape index (κ1) is 24.1. The van der Waals surface area contributed by atoms with Crippen LogP contribution in [0.25, 0.3) is 0 Å². The Morgan fingerprint density at radius 1 is 0.970 bits per heavy atom. The maximum Gasteiger partial charge on any atom is 0.273 e. The van der Waals surface area contributed by atoms with Crippen molar-refractivity contribution < 1.29 is 14.5 Å². The summed E-state index contributed by atoms with van der Waals surface area (Å²) in [5.74, 6) is -0.663. The molecule has 7 nitrogen and oxygen atoms in total. The molecule has 1 N–H and O–H groups in total. The highest BCUT2D eigenvalue weighted by atomic mass is 79.9. The molecular weight excluding hydrogens is 486 g/mol. The Balaban J connectivity index is 1.97. The molecule has 0 aliphatic carbocycles. The molecular formula is C25H24BrN3O4. The van der Waals surface area contributed by atoms with Crippen LogP contribution >= 0.6 is 15.9 Å². The Hall–Kier alpha value is -3.52. The summed E-state index contributed by atoms with van der Waals surface area (Å²) in [6, 6.07) is 22.3. The van der Waals surface area contributed by atoms with Crippen LogP contribution in [-0.4, -0.2) is 34.7 Å². The van der Waals surface area contributed by atoms with Crippen molar-refractivity contribution in [2.75, 3.05) is 7.05 Å². The Kier molecular flexibility index (Phi) is 8.32. The smallest absolute Gasteiger partial charge is 0.273 e. The SMILES string of the molecule is CNC(=O)C(Cc1ccccc1)N(Cc1ccc(Br)cc1)C(=O)Cc1ccccc1[N+](=O)[O-]. The summed E-state index contributed by atoms with van der Waals surface area (Å²) in [5, 5.41) is 14.1. The quantitative estimate of drug-likeness (QED) is 0.344. The van der Waals surface area contributed by atoms with E-state index in [-0.39, 0.29) is 30.5 Å². The maximum atomic E-state index is 13.5. The highest BCUT2D eigenvalue weighted by Crippen LogP contribution is 2.22. The fourth-order valence-electron chi connectivity index (χ4n) is 3.61. The second-order valence-corrected chi connectivity index (χ2v) is 8.45. The number of carbonyl (C=O) groups is 2. The second-order valence-electron chi connectivity index (χ2n) is 7.53. The fourth-order valence-corrected chi connectivity index (χ4v) is 3.87. The molecule has 0 aliphatic heterocycles. The second kappa shape index (κ2) is 11.4. The lowest BCUT2D eigenvalue weighted by Gasteiger charge is -2.31. The fraction of sp³-hybridized carbons (Fsp3) is 0.200. The lowest BCUT2D eigenvalue weighted by molar-refractivity contribution is -0.385. The molecule has 0 radical (unpaired) electrons. The van der Waals surface area contributed by atoms with E-state index in [0.717, 1.165) is 15.6 Å². The number of nitro groups is 1. The molecule has 0 spiro atoms. The van der Waals surface area contributed by atoms with Crippen LogP contribution in [0.1, 0.15) is 16.7 Å². The van der Waals surface area contributed by atoms with E-state index in [2.05, 4.69) is 21.2 Å². The number of halogens is 1. The van der Waals surface area contributed by atoms with Crippen LogP contribution in [0.4, 0.5) is 5.69 Å². The molecule has 0 bridgehead atoms. The van der Waals surface area contributed by atoms with Gasteiger partial charge in [-0.05, 0) is 23.3 Å². The van der Waals surface area contributed by atoms with E-state index in [0.29, 0.717) is 12.0 Å². The highest BCUT2D eigenvalue weighted by molar-refractivity contribution is 9.10. The number of nitrogens with zero attached hydrogens (tertiary/aromatic N) is 2. The minimum atomic E-state index is -0.781. The molecule has 0 aliphatic rings. The number of nitrogens with one attached hydrogen (secondary N) is 1. The number of hydrogen-bond donors (Lipinski definition) is 1. The Labute approximate surface area is 200 Å². The van der Waals surface area contributed by atoms with Crippen LogP contribution in [0.5, 0.6) is 0 Å². The zero-order chi connectivity index (χ0) is 23.8. The molecule has 3 aromatic carbocycles. The number of amides is 2. The number of benzene rings is 3. The third kappa shape index (κ3) is 6.49. The van der Waals surface area contributed by atoms with E-state index in [1.165, 1.54) is 18.0 Å². The average molecular weight is 510 g/mol. The topological polar surface area (TPSA) is 92.6 Å². The summed E-state index contributed by atoms with van der Waals surface area (Å²) in [6.45, 7) is 0.192. The first-order chi connectivity index (χ1) is 15.9. The summed E-state index contributed by atoms with van der Waals surface area (Å²) in [6.07, 6.45) is 0.135. The van der Waals surface area contributed by atoms with Crippen LogP contribution in [0.15, 0.2) is 83.3 Å². The van der Waals surface area contributed by atoms with Gasteiger partial charge in [-0.15, -0.1) is 0 Å². The summed E-state index contributed by atoms with van der Waals surface area (Å²) in [7, 11) is 1.53. The summed E-state index contributed by atoms with van der Waals surface area (Å²) in [5.41, 5.74) is 1.94. The number of hydrogen-bond acceptors (Lipinski definition) is 4. The van der Waals surface area contributed by atoms with Gasteiger partial charge in [-0.2, -0.15) is 0 Å². The van der Waals surface area contributed by atoms with Gasteiger partial charge in [0.25, 0.3) is 5.69 Å². The molecule has 0 saturated carbocycles. The van der Waals surface area contributed by atoms with Gasteiger partial charge in [0.2, 0.25) is 11.8 Å². The van der Waals surface area contributed by atoms with Crippen LogP contribution in [0.3, 0.4) is 0 Å². The Morgan fingerprint density at radius 3 is 2.24 bits per heavy atom. The van der Waals surface area contributed by atoms with Crippen LogP contribution < -0.4 is 5.32 Å². The number of likely N-dealkylation sites (N-methyl/N-ethyl adjacent to an activating group) is 1. The minimum Gasteiger partial charge on any atom is -0.357 e. The Bertz CT molecular complexity index is 1120. The first-order valence-electron chi connectivity index (χ1n) is 10.4. The molecule has 8 heteroatoms. The normalized spacial score (nSPS) is 11.5. The molecule has 0 fully saturated rings. The first-order valence-corrected chi connectivity index (χ1v) is 11.2. The monoisotopic (exact) mass is 509 g/mol. The average Bonchev–Trinajstić information content (AvgIpc) is 2.82. The van der Waals surface area contributed by atoms with Gasteiger partial charge in [-0.3, -0.25) is 19.7 Å². The molecule has 170 valence electrons. The van der Waals surface area contributed by atoms with Crippen molar-refractivity contribution in [3.63, 3.8) is 0 Å². The lowest BCUT2D eigenvalue weighted by Crippen LogP contribution is -2.50. The molecule has 0 aromatic heterocycles. The van der Waals surface area contributed by atoms with E-state index in [9.17, 15) is 19.7 Å².